The van der Waals surface area contributed by atoms with Crippen LogP contribution >= 0.6 is 15.9 Å². The van der Waals surface area contributed by atoms with Crippen molar-refractivity contribution >= 4 is 15.9 Å². The van der Waals surface area contributed by atoms with E-state index in [2.05, 4.69) is 22.9 Å². The number of quaternary nitrogens is 2. The van der Waals surface area contributed by atoms with E-state index in [1.807, 2.05) is 17.0 Å². The maximum Gasteiger partial charge on any atom is 0.140 e. The van der Waals surface area contributed by atoms with Crippen LogP contribution < -0.4 is 9.80 Å². The van der Waals surface area contributed by atoms with E-state index >= 15 is 0 Å². The molecule has 0 aliphatic carbocycles. The Bertz CT molecular complexity index is 465. The summed E-state index contributed by atoms with van der Waals surface area (Å²) < 4.78 is 13.9. The fraction of sp³-hybridized carbons (Fsp3) is 0.600. The van der Waals surface area contributed by atoms with E-state index < -0.39 is 0 Å². The molecule has 2 unspecified atom stereocenters. The lowest BCUT2D eigenvalue weighted by Crippen LogP contribution is -3.31. The van der Waals surface area contributed by atoms with Crippen molar-refractivity contribution in [3.8, 4) is 0 Å². The first-order chi connectivity index (χ1) is 9.15. The summed E-state index contributed by atoms with van der Waals surface area (Å²) in [5.74, 6) is -0.170. The maximum atomic E-state index is 13.3. The monoisotopic (exact) mass is 328 g/mol. The standard InChI is InChI=1S/C15H20BrFN2/c1-11-15-3-2-6-18(15)7-8-19(11)10-12-4-5-14(17)13(16)9-12/h4-5,9,11,15H,2-3,6-8,10H2,1H3/p+2/t11-,15+/m1/s1. The van der Waals surface area contributed by atoms with E-state index in [4.69, 9.17) is 0 Å². The Morgan fingerprint density at radius 1 is 1.32 bits per heavy atom. The number of benzene rings is 1. The van der Waals surface area contributed by atoms with Crippen molar-refractivity contribution in [3.05, 3.63) is 34.1 Å². The van der Waals surface area contributed by atoms with Gasteiger partial charge >= 0.3 is 0 Å². The molecule has 3 rings (SSSR count). The van der Waals surface area contributed by atoms with Gasteiger partial charge in [-0.15, -0.1) is 0 Å². The van der Waals surface area contributed by atoms with Crippen molar-refractivity contribution in [2.24, 2.45) is 0 Å². The van der Waals surface area contributed by atoms with Crippen molar-refractivity contribution in [2.75, 3.05) is 19.6 Å². The zero-order valence-electron chi connectivity index (χ0n) is 11.4. The summed E-state index contributed by atoms with van der Waals surface area (Å²) in [5, 5.41) is 0. The lowest BCUT2D eigenvalue weighted by atomic mass is 10.0. The van der Waals surface area contributed by atoms with Gasteiger partial charge in [0, 0.05) is 18.4 Å². The van der Waals surface area contributed by atoms with Gasteiger partial charge in [-0.05, 0) is 35.0 Å². The minimum Gasteiger partial charge on any atom is -0.323 e. The van der Waals surface area contributed by atoms with Gasteiger partial charge in [-0.1, -0.05) is 6.07 Å². The first-order valence-electron chi connectivity index (χ1n) is 7.28. The summed E-state index contributed by atoms with van der Waals surface area (Å²) in [4.78, 5) is 3.48. The van der Waals surface area contributed by atoms with Crippen molar-refractivity contribution < 1.29 is 14.2 Å². The summed E-state index contributed by atoms with van der Waals surface area (Å²) >= 11 is 3.28. The zero-order valence-corrected chi connectivity index (χ0v) is 13.0. The predicted octanol–water partition coefficient (Wildman–Crippen LogP) is 0.423. The molecule has 0 amide bonds. The van der Waals surface area contributed by atoms with Crippen LogP contribution in [0, 0.1) is 5.82 Å². The third kappa shape index (κ3) is 2.71. The van der Waals surface area contributed by atoms with Crippen LogP contribution in [-0.2, 0) is 6.54 Å². The highest BCUT2D eigenvalue weighted by Crippen LogP contribution is 2.16. The molecule has 2 nitrogen and oxygen atoms in total. The molecule has 1 aromatic carbocycles. The van der Waals surface area contributed by atoms with E-state index in [-0.39, 0.29) is 5.82 Å². The molecule has 4 atom stereocenters. The second kappa shape index (κ2) is 5.51. The van der Waals surface area contributed by atoms with E-state index in [1.165, 1.54) is 38.0 Å². The number of nitrogens with one attached hydrogen (secondary N) is 2. The average molecular weight is 329 g/mol. The van der Waals surface area contributed by atoms with Gasteiger partial charge in [0.05, 0.1) is 11.0 Å². The van der Waals surface area contributed by atoms with Crippen LogP contribution in [0.15, 0.2) is 22.7 Å². The average Bonchev–Trinajstić information content (AvgIpc) is 2.86. The molecule has 2 N–H and O–H groups in total. The predicted molar refractivity (Wildman–Crippen MR) is 76.8 cm³/mol. The van der Waals surface area contributed by atoms with Crippen LogP contribution in [0.25, 0.3) is 0 Å². The summed E-state index contributed by atoms with van der Waals surface area (Å²) in [6.07, 6.45) is 2.77. The van der Waals surface area contributed by atoms with Gasteiger partial charge in [-0.25, -0.2) is 4.39 Å². The topological polar surface area (TPSA) is 8.88 Å². The number of halogens is 2. The molecule has 2 saturated heterocycles. The van der Waals surface area contributed by atoms with Gasteiger partial charge in [0.25, 0.3) is 0 Å². The number of hydrogen-bond donors (Lipinski definition) is 2. The first-order valence-corrected chi connectivity index (χ1v) is 8.07. The molecule has 2 aliphatic heterocycles. The first kappa shape index (κ1) is 13.5. The normalized spacial score (nSPS) is 34.3. The van der Waals surface area contributed by atoms with E-state index in [1.54, 1.807) is 11.0 Å². The lowest BCUT2D eigenvalue weighted by Gasteiger charge is -2.37. The van der Waals surface area contributed by atoms with Gasteiger partial charge in [0.15, 0.2) is 0 Å². The Hall–Kier alpha value is -0.450. The molecule has 0 aromatic heterocycles. The summed E-state index contributed by atoms with van der Waals surface area (Å²) in [6, 6.07) is 6.99. The van der Waals surface area contributed by atoms with Gasteiger partial charge in [-0.3, -0.25) is 0 Å². The molecule has 1 aromatic rings. The lowest BCUT2D eigenvalue weighted by molar-refractivity contribution is -1.05. The molecule has 2 fully saturated rings. The molecular formula is C15H22BrFN2+2. The minimum absolute atomic E-state index is 0.170. The second-order valence-corrected chi connectivity index (χ2v) is 6.88. The number of fused-ring (bicyclic) bond motifs is 1. The van der Waals surface area contributed by atoms with Crippen molar-refractivity contribution in [2.45, 2.75) is 38.4 Å². The van der Waals surface area contributed by atoms with Crippen LogP contribution in [-0.4, -0.2) is 31.7 Å². The zero-order chi connectivity index (χ0) is 13.4. The van der Waals surface area contributed by atoms with Crippen molar-refractivity contribution in [1.29, 1.82) is 0 Å². The van der Waals surface area contributed by atoms with Gasteiger partial charge in [0.2, 0.25) is 0 Å². The Kier molecular flexibility index (Phi) is 3.92. The minimum atomic E-state index is -0.170. The third-order valence-corrected chi connectivity index (χ3v) is 5.58. The van der Waals surface area contributed by atoms with Gasteiger partial charge in [0.1, 0.15) is 37.5 Å². The Morgan fingerprint density at radius 3 is 2.95 bits per heavy atom. The van der Waals surface area contributed by atoms with Crippen LogP contribution in [0.5, 0.6) is 0 Å². The quantitative estimate of drug-likeness (QED) is 0.778. The smallest absolute Gasteiger partial charge is 0.140 e. The molecule has 19 heavy (non-hydrogen) atoms. The highest BCUT2D eigenvalue weighted by molar-refractivity contribution is 9.10. The van der Waals surface area contributed by atoms with Crippen LogP contribution in [0.4, 0.5) is 4.39 Å². The third-order valence-electron chi connectivity index (χ3n) is 4.97. The van der Waals surface area contributed by atoms with Crippen molar-refractivity contribution in [1.82, 2.24) is 0 Å². The van der Waals surface area contributed by atoms with E-state index in [0.29, 0.717) is 4.47 Å². The summed E-state index contributed by atoms with van der Waals surface area (Å²) in [7, 11) is 0. The Balaban J connectivity index is 1.70. The molecule has 0 bridgehead atoms. The Morgan fingerprint density at radius 2 is 2.16 bits per heavy atom. The SMILES string of the molecule is C[C@@H]1[C@@H]2CCC[NH+]2CC[NH+]1Cc1ccc(F)c(Br)c1. The molecule has 0 radical (unpaired) electrons. The summed E-state index contributed by atoms with van der Waals surface area (Å²) in [5.41, 5.74) is 1.23. The van der Waals surface area contributed by atoms with Crippen LogP contribution in [0.2, 0.25) is 0 Å². The van der Waals surface area contributed by atoms with Crippen LogP contribution in [0.1, 0.15) is 25.3 Å². The maximum absolute atomic E-state index is 13.3. The molecule has 104 valence electrons. The molecule has 0 spiro atoms. The largest absolute Gasteiger partial charge is 0.323 e. The van der Waals surface area contributed by atoms with Gasteiger partial charge in [-0.2, -0.15) is 0 Å². The molecule has 2 aliphatic rings. The van der Waals surface area contributed by atoms with E-state index in [9.17, 15) is 4.39 Å². The molecular weight excluding hydrogens is 307 g/mol. The fourth-order valence-electron chi connectivity index (χ4n) is 3.85. The fourth-order valence-corrected chi connectivity index (χ4v) is 4.27. The molecule has 0 saturated carbocycles. The Labute approximate surface area is 122 Å². The molecule has 4 heteroatoms. The van der Waals surface area contributed by atoms with Crippen molar-refractivity contribution in [3.63, 3.8) is 0 Å². The van der Waals surface area contributed by atoms with E-state index in [0.717, 1.165) is 18.6 Å². The summed E-state index contributed by atoms with van der Waals surface area (Å²) in [6.45, 7) is 7.31. The number of hydrogen-bond acceptors (Lipinski definition) is 0. The second-order valence-electron chi connectivity index (χ2n) is 6.03. The molecule has 2 heterocycles. The highest BCUT2D eigenvalue weighted by Gasteiger charge is 2.42. The number of piperazine rings is 1. The highest BCUT2D eigenvalue weighted by atomic mass is 79.9. The van der Waals surface area contributed by atoms with Crippen LogP contribution in [0.3, 0.4) is 0 Å². The number of rotatable bonds is 2. The van der Waals surface area contributed by atoms with Gasteiger partial charge < -0.3 is 9.80 Å².